The van der Waals surface area contributed by atoms with E-state index in [2.05, 4.69) is 10.3 Å². The fourth-order valence-electron chi connectivity index (χ4n) is 1.83. The number of methoxy groups -OCH3 is 1. The molecule has 0 spiro atoms. The quantitative estimate of drug-likeness (QED) is 0.843. The molecule has 2 rings (SSSR count). The average Bonchev–Trinajstić information content (AvgIpc) is 2.38. The first kappa shape index (κ1) is 12.4. The lowest BCUT2D eigenvalue weighted by Gasteiger charge is -2.14. The van der Waals surface area contributed by atoms with Gasteiger partial charge in [-0.3, -0.25) is 4.98 Å². The van der Waals surface area contributed by atoms with Crippen LogP contribution in [-0.2, 0) is 9.53 Å². The summed E-state index contributed by atoms with van der Waals surface area (Å²) in [6, 6.07) is 9.43. The standard InChI is InChI=1S/C14H16N2O2/c1-9-7-8-11-5-4-6-12(13(11)15-9)16-10(2)14(17)18-3/h4-8,10,16H,1-3H3. The van der Waals surface area contributed by atoms with Gasteiger partial charge in [0, 0.05) is 11.1 Å². The number of carbonyl (C=O) groups excluding carboxylic acids is 1. The van der Waals surface area contributed by atoms with Gasteiger partial charge in [-0.25, -0.2) is 4.79 Å². The molecule has 1 aromatic carbocycles. The minimum absolute atomic E-state index is 0.292. The van der Waals surface area contributed by atoms with Gasteiger partial charge in [-0.15, -0.1) is 0 Å². The molecule has 0 amide bonds. The molecule has 0 aliphatic heterocycles. The van der Waals surface area contributed by atoms with E-state index in [4.69, 9.17) is 4.74 Å². The van der Waals surface area contributed by atoms with E-state index >= 15 is 0 Å². The van der Waals surface area contributed by atoms with Crippen molar-refractivity contribution >= 4 is 22.6 Å². The third-order valence-corrected chi connectivity index (χ3v) is 2.79. The largest absolute Gasteiger partial charge is 0.467 e. The van der Waals surface area contributed by atoms with Crippen LogP contribution in [0.4, 0.5) is 5.69 Å². The molecule has 1 unspecified atom stereocenters. The van der Waals surface area contributed by atoms with E-state index in [1.807, 2.05) is 37.3 Å². The van der Waals surface area contributed by atoms with Gasteiger partial charge in [-0.05, 0) is 26.0 Å². The fraction of sp³-hybridized carbons (Fsp3) is 0.286. The van der Waals surface area contributed by atoms with E-state index in [9.17, 15) is 4.79 Å². The molecule has 0 aliphatic rings. The summed E-state index contributed by atoms with van der Waals surface area (Å²) < 4.78 is 4.70. The van der Waals surface area contributed by atoms with Gasteiger partial charge in [0.2, 0.25) is 0 Å². The maximum Gasteiger partial charge on any atom is 0.327 e. The Kier molecular flexibility index (Phi) is 3.46. The first-order valence-corrected chi connectivity index (χ1v) is 5.82. The van der Waals surface area contributed by atoms with E-state index in [1.165, 1.54) is 7.11 Å². The van der Waals surface area contributed by atoms with Crippen LogP contribution >= 0.6 is 0 Å². The molecular weight excluding hydrogens is 228 g/mol. The summed E-state index contributed by atoms with van der Waals surface area (Å²) in [5.41, 5.74) is 2.66. The van der Waals surface area contributed by atoms with E-state index < -0.39 is 6.04 Å². The molecule has 0 bridgehead atoms. The number of esters is 1. The SMILES string of the molecule is COC(=O)C(C)Nc1cccc2ccc(C)nc12. The molecule has 94 valence electrons. The number of aryl methyl sites for hydroxylation is 1. The van der Waals surface area contributed by atoms with Crippen molar-refractivity contribution in [3.8, 4) is 0 Å². The highest BCUT2D eigenvalue weighted by Crippen LogP contribution is 2.22. The number of benzene rings is 1. The number of nitrogens with one attached hydrogen (secondary N) is 1. The molecular formula is C14H16N2O2. The molecule has 4 nitrogen and oxygen atoms in total. The minimum Gasteiger partial charge on any atom is -0.467 e. The Morgan fingerprint density at radius 1 is 1.33 bits per heavy atom. The van der Waals surface area contributed by atoms with Gasteiger partial charge in [0.15, 0.2) is 0 Å². The lowest BCUT2D eigenvalue weighted by molar-refractivity contribution is -0.141. The molecule has 0 aliphatic carbocycles. The van der Waals surface area contributed by atoms with Crippen LogP contribution in [0.1, 0.15) is 12.6 Å². The lowest BCUT2D eigenvalue weighted by atomic mass is 10.1. The van der Waals surface area contributed by atoms with Crippen LogP contribution in [0.5, 0.6) is 0 Å². The number of hydrogen-bond donors (Lipinski definition) is 1. The highest BCUT2D eigenvalue weighted by atomic mass is 16.5. The smallest absolute Gasteiger partial charge is 0.327 e. The van der Waals surface area contributed by atoms with Crippen molar-refractivity contribution in [1.82, 2.24) is 4.98 Å². The number of fused-ring (bicyclic) bond motifs is 1. The van der Waals surface area contributed by atoms with Crippen LogP contribution in [-0.4, -0.2) is 24.1 Å². The zero-order valence-corrected chi connectivity index (χ0v) is 10.7. The number of anilines is 1. The van der Waals surface area contributed by atoms with Gasteiger partial charge in [-0.2, -0.15) is 0 Å². The van der Waals surface area contributed by atoms with Gasteiger partial charge in [-0.1, -0.05) is 18.2 Å². The van der Waals surface area contributed by atoms with Crippen LogP contribution in [0.3, 0.4) is 0 Å². The summed E-state index contributed by atoms with van der Waals surface area (Å²) >= 11 is 0. The molecule has 4 heteroatoms. The summed E-state index contributed by atoms with van der Waals surface area (Å²) in [7, 11) is 1.38. The third kappa shape index (κ3) is 2.42. The summed E-state index contributed by atoms with van der Waals surface area (Å²) in [5.74, 6) is -0.292. The predicted molar refractivity (Wildman–Crippen MR) is 71.6 cm³/mol. The van der Waals surface area contributed by atoms with E-state index in [0.29, 0.717) is 0 Å². The Morgan fingerprint density at radius 3 is 2.83 bits per heavy atom. The van der Waals surface area contributed by atoms with Gasteiger partial charge < -0.3 is 10.1 Å². The van der Waals surface area contributed by atoms with Crippen LogP contribution < -0.4 is 5.32 Å². The second-order valence-corrected chi connectivity index (χ2v) is 4.22. The Hall–Kier alpha value is -2.10. The molecule has 0 fully saturated rings. The van der Waals surface area contributed by atoms with Crippen LogP contribution in [0.25, 0.3) is 10.9 Å². The average molecular weight is 244 g/mol. The van der Waals surface area contributed by atoms with Gasteiger partial charge in [0.1, 0.15) is 6.04 Å². The minimum atomic E-state index is -0.400. The van der Waals surface area contributed by atoms with Crippen LogP contribution in [0.2, 0.25) is 0 Å². The van der Waals surface area contributed by atoms with Crippen molar-refractivity contribution in [2.24, 2.45) is 0 Å². The van der Waals surface area contributed by atoms with Gasteiger partial charge >= 0.3 is 5.97 Å². The fourth-order valence-corrected chi connectivity index (χ4v) is 1.83. The van der Waals surface area contributed by atoms with Crippen molar-refractivity contribution in [3.05, 3.63) is 36.0 Å². The Morgan fingerprint density at radius 2 is 2.11 bits per heavy atom. The normalized spacial score (nSPS) is 12.2. The molecule has 0 saturated carbocycles. The molecule has 1 aromatic heterocycles. The molecule has 1 atom stereocenters. The van der Waals surface area contributed by atoms with E-state index in [0.717, 1.165) is 22.3 Å². The van der Waals surface area contributed by atoms with Crippen molar-refractivity contribution in [1.29, 1.82) is 0 Å². The number of rotatable bonds is 3. The second kappa shape index (κ2) is 5.04. The third-order valence-electron chi connectivity index (χ3n) is 2.79. The van der Waals surface area contributed by atoms with Crippen molar-refractivity contribution in [2.75, 3.05) is 12.4 Å². The number of ether oxygens (including phenoxy) is 1. The molecule has 1 N–H and O–H groups in total. The zero-order valence-electron chi connectivity index (χ0n) is 10.7. The molecule has 2 aromatic rings. The van der Waals surface area contributed by atoms with Crippen molar-refractivity contribution in [2.45, 2.75) is 19.9 Å². The lowest BCUT2D eigenvalue weighted by Crippen LogP contribution is -2.27. The first-order valence-electron chi connectivity index (χ1n) is 5.82. The first-order chi connectivity index (χ1) is 8.61. The zero-order chi connectivity index (χ0) is 13.1. The summed E-state index contributed by atoms with van der Waals surface area (Å²) in [6.07, 6.45) is 0. The monoisotopic (exact) mass is 244 g/mol. The van der Waals surface area contributed by atoms with Crippen molar-refractivity contribution < 1.29 is 9.53 Å². The number of para-hydroxylation sites is 1. The number of hydrogen-bond acceptors (Lipinski definition) is 4. The van der Waals surface area contributed by atoms with Gasteiger partial charge in [0.05, 0.1) is 18.3 Å². The van der Waals surface area contributed by atoms with Gasteiger partial charge in [0.25, 0.3) is 0 Å². The number of nitrogens with zero attached hydrogens (tertiary/aromatic N) is 1. The van der Waals surface area contributed by atoms with Crippen LogP contribution in [0, 0.1) is 6.92 Å². The Labute approximate surface area is 106 Å². The second-order valence-electron chi connectivity index (χ2n) is 4.22. The predicted octanol–water partition coefficient (Wildman–Crippen LogP) is 2.52. The van der Waals surface area contributed by atoms with Crippen molar-refractivity contribution in [3.63, 3.8) is 0 Å². The Bertz CT molecular complexity index is 581. The maximum absolute atomic E-state index is 11.4. The highest BCUT2D eigenvalue weighted by molar-refractivity contribution is 5.92. The number of carbonyl (C=O) groups is 1. The molecule has 1 heterocycles. The topological polar surface area (TPSA) is 51.2 Å². The van der Waals surface area contributed by atoms with Crippen LogP contribution in [0.15, 0.2) is 30.3 Å². The Balaban J connectivity index is 2.38. The number of pyridine rings is 1. The van der Waals surface area contributed by atoms with E-state index in [-0.39, 0.29) is 5.97 Å². The summed E-state index contributed by atoms with van der Waals surface area (Å²) in [5, 5.41) is 4.17. The maximum atomic E-state index is 11.4. The molecule has 0 saturated heterocycles. The summed E-state index contributed by atoms with van der Waals surface area (Å²) in [4.78, 5) is 15.9. The summed E-state index contributed by atoms with van der Waals surface area (Å²) in [6.45, 7) is 3.71. The molecule has 0 radical (unpaired) electrons. The number of aromatic nitrogens is 1. The highest BCUT2D eigenvalue weighted by Gasteiger charge is 2.14. The van der Waals surface area contributed by atoms with E-state index in [1.54, 1.807) is 6.92 Å². The molecule has 18 heavy (non-hydrogen) atoms.